The second-order valence-electron chi connectivity index (χ2n) is 5.52. The molecule has 0 saturated heterocycles. The molecule has 2 rings (SSSR count). The number of methoxy groups -OCH3 is 1. The second-order valence-corrected chi connectivity index (χ2v) is 6.41. The summed E-state index contributed by atoms with van der Waals surface area (Å²) in [6.45, 7) is 0.663. The van der Waals surface area contributed by atoms with E-state index in [-0.39, 0.29) is 24.0 Å². The Hall–Kier alpha value is -1.18. The first kappa shape index (κ1) is 16.2. The SMILES string of the molecule is CO[C@H]1C[C@@H](C(=O)NCCCc2csc(N)n2)CC[C@@H]1N. The van der Waals surface area contributed by atoms with Crippen molar-refractivity contribution in [2.24, 2.45) is 11.7 Å². The molecule has 1 aliphatic rings. The number of aromatic nitrogens is 1. The second kappa shape index (κ2) is 7.72. The Morgan fingerprint density at radius 3 is 3.05 bits per heavy atom. The molecule has 118 valence electrons. The van der Waals surface area contributed by atoms with Crippen LogP contribution in [0, 0.1) is 5.92 Å². The molecule has 0 radical (unpaired) electrons. The number of carbonyl (C=O) groups excluding carboxylic acids is 1. The normalized spacial score (nSPS) is 25.7. The van der Waals surface area contributed by atoms with Gasteiger partial charge >= 0.3 is 0 Å². The Labute approximate surface area is 129 Å². The lowest BCUT2D eigenvalue weighted by Crippen LogP contribution is -2.45. The summed E-state index contributed by atoms with van der Waals surface area (Å²) in [7, 11) is 1.66. The summed E-state index contributed by atoms with van der Waals surface area (Å²) in [5.74, 6) is 0.131. The van der Waals surface area contributed by atoms with E-state index in [1.54, 1.807) is 7.11 Å². The molecule has 3 atom stereocenters. The first-order valence-corrected chi connectivity index (χ1v) is 8.24. The predicted octanol–water partition coefficient (Wildman–Crippen LogP) is 0.917. The molecule has 1 aromatic rings. The van der Waals surface area contributed by atoms with Gasteiger partial charge in [0.25, 0.3) is 0 Å². The van der Waals surface area contributed by atoms with Crippen LogP contribution < -0.4 is 16.8 Å². The average Bonchev–Trinajstić information content (AvgIpc) is 2.89. The zero-order valence-electron chi connectivity index (χ0n) is 12.4. The summed E-state index contributed by atoms with van der Waals surface area (Å²) < 4.78 is 5.35. The topological polar surface area (TPSA) is 103 Å². The minimum Gasteiger partial charge on any atom is -0.380 e. The van der Waals surface area contributed by atoms with Crippen molar-refractivity contribution < 1.29 is 9.53 Å². The third-order valence-electron chi connectivity index (χ3n) is 3.99. The van der Waals surface area contributed by atoms with Crippen LogP contribution in [0.3, 0.4) is 0 Å². The number of nitrogens with one attached hydrogen (secondary N) is 1. The summed E-state index contributed by atoms with van der Waals surface area (Å²) in [5, 5.41) is 5.55. The van der Waals surface area contributed by atoms with Crippen LogP contribution in [-0.4, -0.2) is 36.7 Å². The lowest BCUT2D eigenvalue weighted by atomic mass is 9.83. The molecule has 1 aliphatic carbocycles. The third-order valence-corrected chi connectivity index (χ3v) is 4.72. The molecule has 0 bridgehead atoms. The van der Waals surface area contributed by atoms with Crippen molar-refractivity contribution in [3.63, 3.8) is 0 Å². The van der Waals surface area contributed by atoms with E-state index < -0.39 is 0 Å². The van der Waals surface area contributed by atoms with Gasteiger partial charge < -0.3 is 21.5 Å². The van der Waals surface area contributed by atoms with Crippen LogP contribution in [-0.2, 0) is 16.0 Å². The predicted molar refractivity (Wildman–Crippen MR) is 84.0 cm³/mol. The van der Waals surface area contributed by atoms with Crippen LogP contribution in [0.2, 0.25) is 0 Å². The van der Waals surface area contributed by atoms with E-state index >= 15 is 0 Å². The molecule has 0 spiro atoms. The Bertz CT molecular complexity index is 466. The maximum Gasteiger partial charge on any atom is 0.223 e. The van der Waals surface area contributed by atoms with Crippen LogP contribution in [0.15, 0.2) is 5.38 Å². The number of aryl methyl sites for hydroxylation is 1. The van der Waals surface area contributed by atoms with Crippen LogP contribution in [0.5, 0.6) is 0 Å². The number of thiazole rings is 1. The highest BCUT2D eigenvalue weighted by Gasteiger charge is 2.31. The monoisotopic (exact) mass is 312 g/mol. The van der Waals surface area contributed by atoms with E-state index in [2.05, 4.69) is 10.3 Å². The molecular weight excluding hydrogens is 288 g/mol. The number of rotatable bonds is 6. The minimum absolute atomic E-state index is 0.00696. The van der Waals surface area contributed by atoms with E-state index in [1.807, 2.05) is 5.38 Å². The van der Waals surface area contributed by atoms with E-state index in [0.717, 1.165) is 31.4 Å². The smallest absolute Gasteiger partial charge is 0.223 e. The molecular formula is C14H24N4O2S. The fourth-order valence-electron chi connectivity index (χ4n) is 2.72. The first-order chi connectivity index (χ1) is 10.1. The summed E-state index contributed by atoms with van der Waals surface area (Å²) in [6, 6.07) is 0.0502. The van der Waals surface area contributed by atoms with Gasteiger partial charge in [-0.3, -0.25) is 4.79 Å². The summed E-state index contributed by atoms with van der Waals surface area (Å²) in [6.07, 6.45) is 4.10. The van der Waals surface area contributed by atoms with Gasteiger partial charge in [-0.15, -0.1) is 11.3 Å². The van der Waals surface area contributed by atoms with E-state index in [4.69, 9.17) is 16.2 Å². The van der Waals surface area contributed by atoms with Crippen LogP contribution in [0.1, 0.15) is 31.4 Å². The fourth-order valence-corrected chi connectivity index (χ4v) is 3.32. The van der Waals surface area contributed by atoms with Gasteiger partial charge in [0.15, 0.2) is 5.13 Å². The van der Waals surface area contributed by atoms with Gasteiger partial charge in [0.1, 0.15) is 0 Å². The highest BCUT2D eigenvalue weighted by Crippen LogP contribution is 2.25. The number of nitrogens with zero attached hydrogens (tertiary/aromatic N) is 1. The molecule has 1 heterocycles. The van der Waals surface area contributed by atoms with Crippen molar-refractivity contribution in [2.45, 2.75) is 44.2 Å². The summed E-state index contributed by atoms with van der Waals surface area (Å²) in [5.41, 5.74) is 12.5. The minimum atomic E-state index is -0.00696. The molecule has 0 aliphatic heterocycles. The van der Waals surface area contributed by atoms with Gasteiger partial charge in [-0.05, 0) is 32.1 Å². The Morgan fingerprint density at radius 1 is 1.57 bits per heavy atom. The summed E-state index contributed by atoms with van der Waals surface area (Å²) >= 11 is 1.45. The van der Waals surface area contributed by atoms with Crippen molar-refractivity contribution >= 4 is 22.4 Å². The number of hydrogen-bond acceptors (Lipinski definition) is 6. The standard InChI is InChI=1S/C14H24N4O2S/c1-20-12-7-9(4-5-11(12)15)13(19)17-6-2-3-10-8-21-14(16)18-10/h8-9,11-12H,2-7,15H2,1H3,(H2,16,18)(H,17,19)/t9-,11-,12-/m0/s1. The van der Waals surface area contributed by atoms with Crippen molar-refractivity contribution in [3.8, 4) is 0 Å². The molecule has 1 saturated carbocycles. The first-order valence-electron chi connectivity index (χ1n) is 7.36. The average molecular weight is 312 g/mol. The molecule has 1 fully saturated rings. The Morgan fingerprint density at radius 2 is 2.38 bits per heavy atom. The fraction of sp³-hybridized carbons (Fsp3) is 0.714. The van der Waals surface area contributed by atoms with Gasteiger partial charge in [-0.1, -0.05) is 0 Å². The lowest BCUT2D eigenvalue weighted by molar-refractivity contribution is -0.127. The quantitative estimate of drug-likeness (QED) is 0.678. The molecule has 0 aromatic carbocycles. The van der Waals surface area contributed by atoms with Crippen LogP contribution >= 0.6 is 11.3 Å². The number of nitrogens with two attached hydrogens (primary N) is 2. The third kappa shape index (κ3) is 4.66. The van der Waals surface area contributed by atoms with Gasteiger partial charge in [-0.25, -0.2) is 4.98 Å². The number of carbonyl (C=O) groups is 1. The number of hydrogen-bond donors (Lipinski definition) is 3. The van der Waals surface area contributed by atoms with Crippen LogP contribution in [0.4, 0.5) is 5.13 Å². The summed E-state index contributed by atoms with van der Waals surface area (Å²) in [4.78, 5) is 16.3. The highest BCUT2D eigenvalue weighted by atomic mass is 32.1. The number of amides is 1. The van der Waals surface area contributed by atoms with Gasteiger partial charge in [0.2, 0.25) is 5.91 Å². The molecule has 21 heavy (non-hydrogen) atoms. The van der Waals surface area contributed by atoms with Crippen molar-refractivity contribution in [1.29, 1.82) is 0 Å². The molecule has 6 nitrogen and oxygen atoms in total. The van der Waals surface area contributed by atoms with Gasteiger partial charge in [-0.2, -0.15) is 0 Å². The number of nitrogen functional groups attached to an aromatic ring is 1. The van der Waals surface area contributed by atoms with E-state index in [9.17, 15) is 4.79 Å². The van der Waals surface area contributed by atoms with Crippen molar-refractivity contribution in [2.75, 3.05) is 19.4 Å². The zero-order valence-corrected chi connectivity index (χ0v) is 13.2. The largest absolute Gasteiger partial charge is 0.380 e. The molecule has 0 unspecified atom stereocenters. The van der Waals surface area contributed by atoms with Gasteiger partial charge in [0.05, 0.1) is 11.8 Å². The molecule has 1 aromatic heterocycles. The molecule has 1 amide bonds. The Balaban J connectivity index is 1.67. The van der Waals surface area contributed by atoms with Crippen LogP contribution in [0.25, 0.3) is 0 Å². The maximum absolute atomic E-state index is 12.1. The van der Waals surface area contributed by atoms with Crippen molar-refractivity contribution in [1.82, 2.24) is 10.3 Å². The number of anilines is 1. The van der Waals surface area contributed by atoms with Crippen molar-refractivity contribution in [3.05, 3.63) is 11.1 Å². The highest BCUT2D eigenvalue weighted by molar-refractivity contribution is 7.13. The molecule has 5 N–H and O–H groups in total. The maximum atomic E-state index is 12.1. The Kier molecular flexibility index (Phi) is 5.96. The lowest BCUT2D eigenvalue weighted by Gasteiger charge is -2.32. The van der Waals surface area contributed by atoms with Gasteiger partial charge in [0, 0.05) is 31.0 Å². The number of ether oxygens (including phenoxy) is 1. The molecule has 7 heteroatoms. The zero-order chi connectivity index (χ0) is 15.2. The van der Waals surface area contributed by atoms with E-state index in [0.29, 0.717) is 18.1 Å². The van der Waals surface area contributed by atoms with E-state index in [1.165, 1.54) is 11.3 Å².